The molecule has 0 saturated heterocycles. The first-order valence-corrected chi connectivity index (χ1v) is 9.15. The molecule has 4 saturated carbocycles. The Bertz CT molecular complexity index is 464. The minimum Gasteiger partial charge on any atom is -0.393 e. The van der Waals surface area contributed by atoms with Crippen LogP contribution < -0.4 is 0 Å². The average Bonchev–Trinajstić information content (AvgIpc) is 2.76. The van der Waals surface area contributed by atoms with E-state index in [1.807, 2.05) is 0 Å². The van der Waals surface area contributed by atoms with Gasteiger partial charge in [-0.1, -0.05) is 13.8 Å². The fourth-order valence-corrected chi connectivity index (χ4v) is 7.02. The molecule has 1 N–H and O–H groups in total. The second kappa shape index (κ2) is 5.72. The molecule has 4 aliphatic carbocycles. The first-order chi connectivity index (χ1) is 9.95. The van der Waals surface area contributed by atoms with Crippen molar-refractivity contribution in [1.82, 2.24) is 0 Å². The van der Waals surface area contributed by atoms with E-state index in [9.17, 15) is 9.90 Å². The monoisotopic (exact) mass is 487 g/mol. The van der Waals surface area contributed by atoms with Crippen molar-refractivity contribution in [2.24, 2.45) is 34.5 Å². The zero-order valence-corrected chi connectivity index (χ0v) is 16.1. The number of carbonyl (C=O) groups excluding carboxylic acids is 1. The topological polar surface area (TPSA) is 37.3 Å². The maximum atomic E-state index is 11.9. The summed E-state index contributed by atoms with van der Waals surface area (Å²) >= 11 is 0. The van der Waals surface area contributed by atoms with Gasteiger partial charge in [0.2, 0.25) is 0 Å². The Morgan fingerprint density at radius 1 is 0.955 bits per heavy atom. The Kier molecular flexibility index (Phi) is 4.47. The van der Waals surface area contributed by atoms with E-state index >= 15 is 0 Å². The third-order valence-corrected chi connectivity index (χ3v) is 8.43. The van der Waals surface area contributed by atoms with Crippen LogP contribution in [0.4, 0.5) is 0 Å². The quantitative estimate of drug-likeness (QED) is 0.526. The molecule has 1 radical (unpaired) electrons. The van der Waals surface area contributed by atoms with Crippen molar-refractivity contribution in [2.45, 2.75) is 77.7 Å². The molecule has 0 aromatic heterocycles. The number of fused-ring (bicyclic) bond motifs is 5. The predicted octanol–water partition coefficient (Wildman–Crippen LogP) is 3.96. The van der Waals surface area contributed by atoms with Gasteiger partial charge in [0.1, 0.15) is 5.78 Å². The van der Waals surface area contributed by atoms with Crippen molar-refractivity contribution < 1.29 is 32.3 Å². The van der Waals surface area contributed by atoms with Crippen LogP contribution in [0.1, 0.15) is 71.6 Å². The van der Waals surface area contributed by atoms with Crippen LogP contribution in [-0.4, -0.2) is 17.0 Å². The number of rotatable bonds is 0. The molecule has 0 unspecified atom stereocenters. The molecule has 4 aliphatic rings. The molecule has 0 spiro atoms. The molecule has 0 heterocycles. The number of aliphatic hydroxyl groups excluding tert-OH is 1. The van der Waals surface area contributed by atoms with Gasteiger partial charge in [-0.05, 0) is 79.4 Å². The number of hydrogen-bond acceptors (Lipinski definition) is 2. The van der Waals surface area contributed by atoms with Crippen LogP contribution in [0.2, 0.25) is 0 Å². The molecule has 0 amide bonds. The van der Waals surface area contributed by atoms with Gasteiger partial charge in [-0.3, -0.25) is 4.79 Å². The minimum atomic E-state index is -0.0677. The van der Waals surface area contributed by atoms with Gasteiger partial charge in [0, 0.05) is 35.2 Å². The number of Topliss-reactive ketones (excluding diaryl/α,β-unsaturated/α-hetero) is 1. The van der Waals surface area contributed by atoms with Crippen molar-refractivity contribution in [2.75, 3.05) is 0 Å². The second-order valence-electron chi connectivity index (χ2n) is 9.04. The maximum Gasteiger partial charge on any atom is 0.133 e. The normalized spacial score (nSPS) is 54.0. The number of hydrogen-bond donors (Lipinski definition) is 1. The first kappa shape index (κ1) is 17.2. The van der Waals surface area contributed by atoms with Crippen LogP contribution in [0.5, 0.6) is 0 Å². The molecular weight excluding hydrogens is 457 g/mol. The van der Waals surface area contributed by atoms with Crippen molar-refractivity contribution >= 4 is 5.78 Å². The first-order valence-electron chi connectivity index (χ1n) is 9.15. The van der Waals surface area contributed by atoms with E-state index in [1.54, 1.807) is 0 Å². The van der Waals surface area contributed by atoms with Gasteiger partial charge in [-0.2, -0.15) is 0 Å². The van der Waals surface area contributed by atoms with Gasteiger partial charge in [0.25, 0.3) is 0 Å². The molecular formula is C19H30AuO2. The molecule has 0 aromatic rings. The number of carbonyl (C=O) groups is 1. The van der Waals surface area contributed by atoms with E-state index in [0.717, 1.165) is 43.4 Å². The Morgan fingerprint density at radius 3 is 2.45 bits per heavy atom. The third kappa shape index (κ3) is 2.24. The predicted molar refractivity (Wildman–Crippen MR) is 82.7 cm³/mol. The van der Waals surface area contributed by atoms with Gasteiger partial charge < -0.3 is 5.11 Å². The van der Waals surface area contributed by atoms with E-state index in [-0.39, 0.29) is 33.9 Å². The summed E-state index contributed by atoms with van der Waals surface area (Å²) in [5, 5.41) is 10.5. The Hall–Kier alpha value is 0.370. The van der Waals surface area contributed by atoms with Gasteiger partial charge >= 0.3 is 0 Å². The standard InChI is InChI=1S/C19H30O2.Au/c1-18-9-7-13(20)11-12(18)3-4-14-15-5-6-17(21)19(15,2)10-8-16(14)18;/h12,14-17,21H,3-11H2,1-2H3;/t12-,14-,15-,16-,17-,18-,19-;/m0./s1. The van der Waals surface area contributed by atoms with Gasteiger partial charge in [-0.15, -0.1) is 0 Å². The third-order valence-electron chi connectivity index (χ3n) is 8.43. The maximum absolute atomic E-state index is 11.9. The average molecular weight is 487 g/mol. The fourth-order valence-electron chi connectivity index (χ4n) is 7.02. The van der Waals surface area contributed by atoms with Crippen LogP contribution in [0.15, 0.2) is 0 Å². The van der Waals surface area contributed by atoms with Gasteiger partial charge in [-0.25, -0.2) is 0 Å². The second-order valence-corrected chi connectivity index (χ2v) is 9.04. The van der Waals surface area contributed by atoms with Crippen molar-refractivity contribution in [1.29, 1.82) is 0 Å². The molecule has 0 bridgehead atoms. The van der Waals surface area contributed by atoms with E-state index in [1.165, 1.54) is 32.1 Å². The van der Waals surface area contributed by atoms with Crippen LogP contribution in [0.25, 0.3) is 0 Å². The summed E-state index contributed by atoms with van der Waals surface area (Å²) in [4.78, 5) is 11.9. The molecule has 7 atom stereocenters. The number of aliphatic hydroxyl groups is 1. The number of ketones is 1. The Balaban J connectivity index is 0.00000144. The van der Waals surface area contributed by atoms with E-state index in [2.05, 4.69) is 13.8 Å². The van der Waals surface area contributed by atoms with Crippen LogP contribution in [0.3, 0.4) is 0 Å². The van der Waals surface area contributed by atoms with Gasteiger partial charge in [0.05, 0.1) is 6.10 Å². The molecule has 4 fully saturated rings. The summed E-state index contributed by atoms with van der Waals surface area (Å²) in [6.07, 6.45) is 10.0. The molecule has 0 aliphatic heterocycles. The Labute approximate surface area is 150 Å². The van der Waals surface area contributed by atoms with Crippen LogP contribution in [-0.2, 0) is 27.2 Å². The molecule has 0 aromatic carbocycles. The van der Waals surface area contributed by atoms with Crippen molar-refractivity contribution in [3.8, 4) is 0 Å². The van der Waals surface area contributed by atoms with Gasteiger partial charge in [0.15, 0.2) is 0 Å². The molecule has 22 heavy (non-hydrogen) atoms. The summed E-state index contributed by atoms with van der Waals surface area (Å²) < 4.78 is 0. The summed E-state index contributed by atoms with van der Waals surface area (Å²) in [7, 11) is 0. The fraction of sp³-hybridized carbons (Fsp3) is 0.947. The van der Waals surface area contributed by atoms with E-state index in [4.69, 9.17) is 0 Å². The summed E-state index contributed by atoms with van der Waals surface area (Å²) in [6, 6.07) is 0. The largest absolute Gasteiger partial charge is 0.393 e. The van der Waals surface area contributed by atoms with Crippen LogP contribution in [0, 0.1) is 34.5 Å². The molecule has 3 heteroatoms. The summed E-state index contributed by atoms with van der Waals surface area (Å²) in [5.41, 5.74) is 0.598. The van der Waals surface area contributed by atoms with E-state index in [0.29, 0.717) is 17.1 Å². The molecule has 4 rings (SSSR count). The molecule has 129 valence electrons. The van der Waals surface area contributed by atoms with Crippen LogP contribution >= 0.6 is 0 Å². The van der Waals surface area contributed by atoms with E-state index < -0.39 is 0 Å². The Morgan fingerprint density at radius 2 is 1.68 bits per heavy atom. The zero-order chi connectivity index (χ0) is 14.8. The SMILES string of the molecule is C[C@]12CCC(=O)C[C@@H]1CC[C@@H]1[C@@H]2CC[C@]2(C)[C@@H](O)CC[C@@H]12.[Au]. The zero-order valence-electron chi connectivity index (χ0n) is 13.9. The minimum absolute atomic E-state index is 0. The molecule has 2 nitrogen and oxygen atoms in total. The smallest absolute Gasteiger partial charge is 0.133 e. The van der Waals surface area contributed by atoms with Crippen molar-refractivity contribution in [3.05, 3.63) is 0 Å². The van der Waals surface area contributed by atoms with Crippen molar-refractivity contribution in [3.63, 3.8) is 0 Å². The summed E-state index contributed by atoms with van der Waals surface area (Å²) in [6.45, 7) is 4.85. The summed E-state index contributed by atoms with van der Waals surface area (Å²) in [5.74, 6) is 3.52.